The highest BCUT2D eigenvalue weighted by Gasteiger charge is 2.42. The maximum Gasteiger partial charge on any atom is 0.336 e. The number of rotatable bonds is 5. The average Bonchev–Trinajstić information content (AvgIpc) is 3.29. The molecule has 0 bridgehead atoms. The van der Waals surface area contributed by atoms with Crippen LogP contribution in [0.5, 0.6) is 0 Å². The van der Waals surface area contributed by atoms with Gasteiger partial charge in [0.15, 0.2) is 12.3 Å². The van der Waals surface area contributed by atoms with Gasteiger partial charge >= 0.3 is 5.97 Å². The molecule has 0 N–H and O–H groups in total. The molecule has 0 spiro atoms. The van der Waals surface area contributed by atoms with E-state index in [2.05, 4.69) is 4.98 Å². The fraction of sp³-hybridized carbons (Fsp3) is 0.227. The van der Waals surface area contributed by atoms with E-state index in [-0.39, 0.29) is 6.61 Å². The number of benzene rings is 1. The first-order valence-corrected chi connectivity index (χ1v) is 9.16. The molecule has 0 radical (unpaired) electrons. The highest BCUT2D eigenvalue weighted by Crippen LogP contribution is 2.37. The minimum Gasteiger partial charge on any atom is -0.464 e. The van der Waals surface area contributed by atoms with E-state index in [1.165, 1.54) is 0 Å². The van der Waals surface area contributed by atoms with Crippen LogP contribution in [0.1, 0.15) is 36.0 Å². The average molecular weight is 376 g/mol. The molecule has 1 aliphatic rings. The maximum atomic E-state index is 12.8. The number of esters is 1. The molecule has 3 aromatic rings. The van der Waals surface area contributed by atoms with Gasteiger partial charge in [0.05, 0.1) is 24.5 Å². The fourth-order valence-corrected chi connectivity index (χ4v) is 3.32. The van der Waals surface area contributed by atoms with Gasteiger partial charge in [0, 0.05) is 18.0 Å². The van der Waals surface area contributed by atoms with Gasteiger partial charge in [-0.15, -0.1) is 0 Å². The van der Waals surface area contributed by atoms with Crippen molar-refractivity contribution in [1.82, 2.24) is 4.98 Å². The third-order valence-corrected chi connectivity index (χ3v) is 4.55. The van der Waals surface area contributed by atoms with Crippen LogP contribution in [0.3, 0.4) is 0 Å². The summed E-state index contributed by atoms with van der Waals surface area (Å²) >= 11 is 0. The van der Waals surface area contributed by atoms with Crippen LogP contribution in [0.2, 0.25) is 0 Å². The van der Waals surface area contributed by atoms with Crippen LogP contribution in [-0.4, -0.2) is 29.4 Å². The number of carbonyl (C=O) groups excluding carboxylic acids is 1. The van der Waals surface area contributed by atoms with Gasteiger partial charge in [-0.25, -0.2) is 9.79 Å². The van der Waals surface area contributed by atoms with Crippen LogP contribution in [0.25, 0.3) is 0 Å². The number of furan rings is 1. The van der Waals surface area contributed by atoms with E-state index >= 15 is 0 Å². The largest absolute Gasteiger partial charge is 0.464 e. The summed E-state index contributed by atoms with van der Waals surface area (Å²) in [6, 6.07) is 17.0. The molecule has 3 heterocycles. The van der Waals surface area contributed by atoms with Gasteiger partial charge in [0.2, 0.25) is 0 Å². The van der Waals surface area contributed by atoms with Crippen molar-refractivity contribution in [2.24, 2.45) is 4.99 Å². The van der Waals surface area contributed by atoms with E-state index in [4.69, 9.17) is 18.9 Å². The second kappa shape index (κ2) is 8.19. The lowest BCUT2D eigenvalue weighted by Gasteiger charge is -2.34. The summed E-state index contributed by atoms with van der Waals surface area (Å²) in [6.45, 7) is 2.05. The van der Waals surface area contributed by atoms with Crippen LogP contribution in [-0.2, 0) is 14.3 Å². The van der Waals surface area contributed by atoms with Crippen LogP contribution in [0.4, 0.5) is 0 Å². The molecular formula is C22H20N2O4. The van der Waals surface area contributed by atoms with Gasteiger partial charge in [-0.1, -0.05) is 36.4 Å². The summed E-state index contributed by atoms with van der Waals surface area (Å²) in [5.74, 6) is -0.274. The Bertz CT molecular complexity index is 939. The van der Waals surface area contributed by atoms with Crippen molar-refractivity contribution < 1.29 is 18.7 Å². The molecule has 0 saturated heterocycles. The number of aromatic nitrogens is 1. The van der Waals surface area contributed by atoms with Crippen LogP contribution < -0.4 is 0 Å². The molecule has 0 amide bonds. The summed E-state index contributed by atoms with van der Waals surface area (Å²) in [7, 11) is 0. The molecule has 0 saturated carbocycles. The third kappa shape index (κ3) is 3.59. The number of hydrogen-bond donors (Lipinski definition) is 0. The van der Waals surface area contributed by atoms with Gasteiger partial charge in [0.1, 0.15) is 5.76 Å². The molecule has 1 aliphatic heterocycles. The molecule has 0 fully saturated rings. The van der Waals surface area contributed by atoms with E-state index in [0.717, 1.165) is 11.1 Å². The zero-order valence-corrected chi connectivity index (χ0v) is 15.4. The molecule has 0 aliphatic carbocycles. The lowest BCUT2D eigenvalue weighted by molar-refractivity contribution is -0.162. The van der Waals surface area contributed by atoms with Crippen molar-refractivity contribution in [2.45, 2.75) is 25.2 Å². The predicted octanol–water partition coefficient (Wildman–Crippen LogP) is 3.91. The van der Waals surface area contributed by atoms with E-state index in [1.54, 1.807) is 31.6 Å². The molecule has 6 nitrogen and oxygen atoms in total. The van der Waals surface area contributed by atoms with Gasteiger partial charge in [-0.05, 0) is 30.7 Å². The van der Waals surface area contributed by atoms with E-state index in [9.17, 15) is 4.79 Å². The van der Waals surface area contributed by atoms with Crippen LogP contribution in [0, 0.1) is 0 Å². The quantitative estimate of drug-likeness (QED) is 0.631. The standard InChI is InChI=1S/C22H20N2O4/c1-2-26-22(25)20-18(15-8-4-3-5-9-15)19(17-11-7-13-27-17)24-21(28-20)16-10-6-12-23-14-16/h3-14,18,20-21H,2H2,1H3/t18-,20+,21+/m1/s1. The Morgan fingerprint density at radius 2 is 1.89 bits per heavy atom. The van der Waals surface area contributed by atoms with Crippen LogP contribution in [0.15, 0.2) is 82.7 Å². The Labute approximate surface area is 162 Å². The lowest BCUT2D eigenvalue weighted by Crippen LogP contribution is -2.41. The number of carbonyl (C=O) groups is 1. The molecule has 4 rings (SSSR count). The molecule has 0 unspecified atom stereocenters. The van der Waals surface area contributed by atoms with Gasteiger partial charge in [-0.2, -0.15) is 0 Å². The first kappa shape index (κ1) is 18.1. The first-order chi connectivity index (χ1) is 13.8. The van der Waals surface area contributed by atoms with Gasteiger partial charge in [0.25, 0.3) is 0 Å². The second-order valence-electron chi connectivity index (χ2n) is 6.33. The summed E-state index contributed by atoms with van der Waals surface area (Å²) in [4.78, 5) is 21.8. The lowest BCUT2D eigenvalue weighted by atomic mass is 9.86. The van der Waals surface area contributed by atoms with E-state index in [1.807, 2.05) is 48.5 Å². The van der Waals surface area contributed by atoms with Crippen molar-refractivity contribution in [2.75, 3.05) is 6.61 Å². The Morgan fingerprint density at radius 1 is 1.07 bits per heavy atom. The zero-order chi connectivity index (χ0) is 19.3. The normalized spacial score (nSPS) is 21.8. The molecule has 3 atom stereocenters. The monoisotopic (exact) mass is 376 g/mol. The third-order valence-electron chi connectivity index (χ3n) is 4.55. The Hall–Kier alpha value is -3.25. The van der Waals surface area contributed by atoms with Crippen LogP contribution >= 0.6 is 0 Å². The van der Waals surface area contributed by atoms with Crippen molar-refractivity contribution in [1.29, 1.82) is 0 Å². The summed E-state index contributed by atoms with van der Waals surface area (Å²) in [5, 5.41) is 0. The summed E-state index contributed by atoms with van der Waals surface area (Å²) in [5.41, 5.74) is 2.31. The van der Waals surface area contributed by atoms with Crippen molar-refractivity contribution in [3.63, 3.8) is 0 Å². The smallest absolute Gasteiger partial charge is 0.336 e. The SMILES string of the molecule is CCOC(=O)[C@H]1O[C@@H](c2cccnc2)N=C(c2ccco2)[C@H]1c1ccccc1. The zero-order valence-electron chi connectivity index (χ0n) is 15.4. The van der Waals surface area contributed by atoms with Gasteiger partial charge in [-0.3, -0.25) is 4.98 Å². The van der Waals surface area contributed by atoms with E-state index < -0.39 is 24.2 Å². The maximum absolute atomic E-state index is 12.8. The summed E-state index contributed by atoms with van der Waals surface area (Å²) in [6.07, 6.45) is 3.42. The van der Waals surface area contributed by atoms with Crippen molar-refractivity contribution in [3.05, 3.63) is 90.1 Å². The number of aliphatic imine (C=N–C) groups is 1. The molecular weight excluding hydrogens is 356 g/mol. The highest BCUT2D eigenvalue weighted by atomic mass is 16.6. The highest BCUT2D eigenvalue weighted by molar-refractivity contribution is 6.06. The molecule has 6 heteroatoms. The Kier molecular flexibility index (Phi) is 5.30. The summed E-state index contributed by atoms with van der Waals surface area (Å²) < 4.78 is 17.1. The van der Waals surface area contributed by atoms with Crippen molar-refractivity contribution >= 4 is 11.7 Å². The second-order valence-corrected chi connectivity index (χ2v) is 6.33. The van der Waals surface area contributed by atoms with Crippen molar-refractivity contribution in [3.8, 4) is 0 Å². The molecule has 28 heavy (non-hydrogen) atoms. The fourth-order valence-electron chi connectivity index (χ4n) is 3.32. The minimum atomic E-state index is -0.856. The molecule has 2 aromatic heterocycles. The van der Waals surface area contributed by atoms with Gasteiger partial charge < -0.3 is 13.9 Å². The predicted molar refractivity (Wildman–Crippen MR) is 103 cm³/mol. The topological polar surface area (TPSA) is 73.9 Å². The number of hydrogen-bond acceptors (Lipinski definition) is 6. The van der Waals surface area contributed by atoms with E-state index in [0.29, 0.717) is 11.5 Å². The molecule has 1 aromatic carbocycles. The Morgan fingerprint density at radius 3 is 2.57 bits per heavy atom. The Balaban J connectivity index is 1.85. The number of ether oxygens (including phenoxy) is 2. The minimum absolute atomic E-state index is 0.269. The first-order valence-electron chi connectivity index (χ1n) is 9.16. The number of nitrogens with zero attached hydrogens (tertiary/aromatic N) is 2. The molecule has 142 valence electrons. The number of pyridine rings is 1.